The zero-order valence-corrected chi connectivity index (χ0v) is 11.2. The molecule has 4 heteroatoms. The van der Waals surface area contributed by atoms with Crippen LogP contribution < -0.4 is 5.32 Å². The van der Waals surface area contributed by atoms with E-state index in [4.69, 9.17) is 16.3 Å². The zero-order valence-electron chi connectivity index (χ0n) is 10.5. The number of amides is 1. The van der Waals surface area contributed by atoms with E-state index >= 15 is 0 Å². The van der Waals surface area contributed by atoms with Crippen LogP contribution in [-0.4, -0.2) is 18.6 Å². The van der Waals surface area contributed by atoms with Gasteiger partial charge in [0.2, 0.25) is 5.91 Å². The number of hydrogen-bond donors (Lipinski definition) is 1. The lowest BCUT2D eigenvalue weighted by Gasteiger charge is -2.12. The van der Waals surface area contributed by atoms with Gasteiger partial charge in [-0.05, 0) is 31.0 Å². The predicted molar refractivity (Wildman–Crippen MR) is 73.5 cm³/mol. The van der Waals surface area contributed by atoms with Gasteiger partial charge >= 0.3 is 0 Å². The van der Waals surface area contributed by atoms with Crippen molar-refractivity contribution in [3.05, 3.63) is 47.5 Å². The van der Waals surface area contributed by atoms with Gasteiger partial charge < -0.3 is 10.1 Å². The normalized spacial score (nSPS) is 11.9. The molecule has 0 saturated carbocycles. The third-order valence-corrected chi connectivity index (χ3v) is 2.69. The standard InChI is InChI=1S/C14H18ClNO2/c1-3-4-9-18-11(2)14(17)16-10-12-5-7-13(15)8-6-12/h3,5-8,11H,1,4,9-10H2,2H3,(H,16,17)/t11-/m1/s1. The summed E-state index contributed by atoms with van der Waals surface area (Å²) in [6.07, 6.45) is 2.06. The molecular weight excluding hydrogens is 250 g/mol. The van der Waals surface area contributed by atoms with Gasteiger partial charge in [-0.3, -0.25) is 4.79 Å². The largest absolute Gasteiger partial charge is 0.368 e. The number of halogens is 1. The predicted octanol–water partition coefficient (Wildman–Crippen LogP) is 2.94. The molecule has 0 aliphatic heterocycles. The number of carbonyl (C=O) groups excluding carboxylic acids is 1. The first-order chi connectivity index (χ1) is 8.63. The first-order valence-corrected chi connectivity index (χ1v) is 6.26. The first-order valence-electron chi connectivity index (χ1n) is 5.88. The molecule has 1 atom stereocenters. The zero-order chi connectivity index (χ0) is 13.4. The highest BCUT2D eigenvalue weighted by molar-refractivity contribution is 6.30. The third-order valence-electron chi connectivity index (χ3n) is 2.44. The van der Waals surface area contributed by atoms with Crippen LogP contribution >= 0.6 is 11.6 Å². The van der Waals surface area contributed by atoms with Gasteiger partial charge in [0, 0.05) is 11.6 Å². The van der Waals surface area contributed by atoms with Crippen LogP contribution in [0, 0.1) is 0 Å². The van der Waals surface area contributed by atoms with Crippen LogP contribution in [0.1, 0.15) is 18.9 Å². The smallest absolute Gasteiger partial charge is 0.249 e. The molecule has 0 aromatic heterocycles. The van der Waals surface area contributed by atoms with Crippen LogP contribution in [0.2, 0.25) is 5.02 Å². The van der Waals surface area contributed by atoms with Gasteiger partial charge in [-0.2, -0.15) is 0 Å². The summed E-state index contributed by atoms with van der Waals surface area (Å²) in [7, 11) is 0. The van der Waals surface area contributed by atoms with Gasteiger partial charge in [0.05, 0.1) is 6.61 Å². The molecule has 0 heterocycles. The summed E-state index contributed by atoms with van der Waals surface area (Å²) < 4.78 is 5.35. The highest BCUT2D eigenvalue weighted by atomic mass is 35.5. The van der Waals surface area contributed by atoms with Crippen molar-refractivity contribution < 1.29 is 9.53 Å². The van der Waals surface area contributed by atoms with E-state index in [1.807, 2.05) is 12.1 Å². The number of ether oxygens (including phenoxy) is 1. The average Bonchev–Trinajstić information content (AvgIpc) is 2.38. The summed E-state index contributed by atoms with van der Waals surface area (Å²) in [6.45, 7) is 6.32. The fraction of sp³-hybridized carbons (Fsp3) is 0.357. The Bertz CT molecular complexity index is 389. The fourth-order valence-electron chi connectivity index (χ4n) is 1.34. The lowest BCUT2D eigenvalue weighted by molar-refractivity contribution is -0.131. The summed E-state index contributed by atoms with van der Waals surface area (Å²) in [5.74, 6) is -0.117. The Morgan fingerprint density at radius 3 is 2.78 bits per heavy atom. The van der Waals surface area contributed by atoms with Crippen LogP contribution in [0.25, 0.3) is 0 Å². The van der Waals surface area contributed by atoms with Crippen LogP contribution in [0.5, 0.6) is 0 Å². The molecule has 0 saturated heterocycles. The van der Waals surface area contributed by atoms with Crippen molar-refractivity contribution in [2.75, 3.05) is 6.61 Å². The summed E-state index contributed by atoms with van der Waals surface area (Å²) in [5.41, 5.74) is 1.01. The maximum Gasteiger partial charge on any atom is 0.249 e. The van der Waals surface area contributed by atoms with Gasteiger partial charge in [0.25, 0.3) is 0 Å². The Balaban J connectivity index is 2.31. The molecule has 98 valence electrons. The van der Waals surface area contributed by atoms with Gasteiger partial charge in [0.15, 0.2) is 0 Å². The van der Waals surface area contributed by atoms with Crippen molar-refractivity contribution in [1.29, 1.82) is 0 Å². The van der Waals surface area contributed by atoms with E-state index in [0.717, 1.165) is 12.0 Å². The maximum atomic E-state index is 11.7. The molecule has 0 aliphatic rings. The summed E-state index contributed by atoms with van der Waals surface area (Å²) in [4.78, 5) is 11.7. The van der Waals surface area contributed by atoms with Crippen molar-refractivity contribution in [3.8, 4) is 0 Å². The molecular formula is C14H18ClNO2. The molecule has 1 amide bonds. The monoisotopic (exact) mass is 267 g/mol. The Hall–Kier alpha value is -1.32. The lowest BCUT2D eigenvalue weighted by Crippen LogP contribution is -2.34. The topological polar surface area (TPSA) is 38.3 Å². The van der Waals surface area contributed by atoms with Crippen LogP contribution in [0.4, 0.5) is 0 Å². The first kappa shape index (κ1) is 14.7. The highest BCUT2D eigenvalue weighted by Gasteiger charge is 2.11. The Morgan fingerprint density at radius 2 is 2.17 bits per heavy atom. The second kappa shape index (κ2) is 7.90. The van der Waals surface area contributed by atoms with Gasteiger partial charge in [-0.15, -0.1) is 6.58 Å². The summed E-state index contributed by atoms with van der Waals surface area (Å²) in [6, 6.07) is 7.36. The molecule has 0 fully saturated rings. The lowest BCUT2D eigenvalue weighted by atomic mass is 10.2. The third kappa shape index (κ3) is 5.34. The molecule has 1 rings (SSSR count). The van der Waals surface area contributed by atoms with Crippen molar-refractivity contribution >= 4 is 17.5 Å². The molecule has 0 radical (unpaired) electrons. The number of benzene rings is 1. The van der Waals surface area contributed by atoms with E-state index in [1.165, 1.54) is 0 Å². The molecule has 1 N–H and O–H groups in total. The maximum absolute atomic E-state index is 11.7. The van der Waals surface area contributed by atoms with E-state index < -0.39 is 6.10 Å². The van der Waals surface area contributed by atoms with Gasteiger partial charge in [-0.25, -0.2) is 0 Å². The minimum atomic E-state index is -0.447. The van der Waals surface area contributed by atoms with E-state index in [2.05, 4.69) is 11.9 Å². The molecule has 3 nitrogen and oxygen atoms in total. The molecule has 0 spiro atoms. The van der Waals surface area contributed by atoms with E-state index in [9.17, 15) is 4.79 Å². The fourth-order valence-corrected chi connectivity index (χ4v) is 1.46. The van der Waals surface area contributed by atoms with Crippen molar-refractivity contribution in [1.82, 2.24) is 5.32 Å². The van der Waals surface area contributed by atoms with E-state index in [1.54, 1.807) is 25.1 Å². The number of carbonyl (C=O) groups is 1. The number of rotatable bonds is 7. The van der Waals surface area contributed by atoms with E-state index in [0.29, 0.717) is 18.2 Å². The minimum absolute atomic E-state index is 0.117. The second-order valence-corrected chi connectivity index (χ2v) is 4.37. The molecule has 18 heavy (non-hydrogen) atoms. The highest BCUT2D eigenvalue weighted by Crippen LogP contribution is 2.09. The minimum Gasteiger partial charge on any atom is -0.368 e. The Morgan fingerprint density at radius 1 is 1.50 bits per heavy atom. The van der Waals surface area contributed by atoms with Crippen molar-refractivity contribution in [2.45, 2.75) is 26.0 Å². The quantitative estimate of drug-likeness (QED) is 0.609. The molecule has 1 aromatic carbocycles. The summed E-state index contributed by atoms with van der Waals surface area (Å²) in [5, 5.41) is 3.50. The van der Waals surface area contributed by atoms with Crippen LogP contribution in [0.3, 0.4) is 0 Å². The van der Waals surface area contributed by atoms with Gasteiger partial charge in [0.1, 0.15) is 6.10 Å². The number of hydrogen-bond acceptors (Lipinski definition) is 2. The van der Waals surface area contributed by atoms with Crippen molar-refractivity contribution in [2.24, 2.45) is 0 Å². The molecule has 0 bridgehead atoms. The van der Waals surface area contributed by atoms with Crippen LogP contribution in [0.15, 0.2) is 36.9 Å². The van der Waals surface area contributed by atoms with Gasteiger partial charge in [-0.1, -0.05) is 29.8 Å². The Kier molecular flexibility index (Phi) is 6.47. The molecule has 0 aliphatic carbocycles. The number of nitrogens with one attached hydrogen (secondary N) is 1. The van der Waals surface area contributed by atoms with E-state index in [-0.39, 0.29) is 5.91 Å². The average molecular weight is 268 g/mol. The Labute approximate surface area is 113 Å². The SMILES string of the molecule is C=CCCO[C@H](C)C(=O)NCc1ccc(Cl)cc1. The van der Waals surface area contributed by atoms with Crippen LogP contribution in [-0.2, 0) is 16.1 Å². The molecule has 1 aromatic rings. The van der Waals surface area contributed by atoms with Crippen molar-refractivity contribution in [3.63, 3.8) is 0 Å². The molecule has 0 unspecified atom stereocenters. The second-order valence-electron chi connectivity index (χ2n) is 3.93. The summed E-state index contributed by atoms with van der Waals surface area (Å²) >= 11 is 5.78.